The number of ketones is 1. The maximum atomic E-state index is 11.8. The molecule has 1 aromatic heterocycles. The van der Waals surface area contributed by atoms with E-state index >= 15 is 0 Å². The van der Waals surface area contributed by atoms with E-state index in [-0.39, 0.29) is 5.78 Å². The highest BCUT2D eigenvalue weighted by molar-refractivity contribution is 7.10. The third kappa shape index (κ3) is 4.20. The van der Waals surface area contributed by atoms with Gasteiger partial charge in [-0.25, -0.2) is 0 Å². The maximum Gasteiger partial charge on any atom is 0.141 e. The second-order valence-corrected chi connectivity index (χ2v) is 5.13. The number of thiophene rings is 1. The SMILES string of the molecule is N#Cc1ccc(CC(=O)C/C=C/c2cccs2)cc1. The molecule has 1 heterocycles. The molecule has 19 heavy (non-hydrogen) atoms. The van der Waals surface area contributed by atoms with Gasteiger partial charge < -0.3 is 0 Å². The second kappa shape index (κ2) is 6.67. The first-order valence-electron chi connectivity index (χ1n) is 5.99. The van der Waals surface area contributed by atoms with E-state index in [2.05, 4.69) is 6.07 Å². The largest absolute Gasteiger partial charge is 0.299 e. The van der Waals surface area contributed by atoms with Crippen molar-refractivity contribution in [2.75, 3.05) is 0 Å². The molecule has 0 atom stereocenters. The van der Waals surface area contributed by atoms with Gasteiger partial charge >= 0.3 is 0 Å². The van der Waals surface area contributed by atoms with E-state index in [0.29, 0.717) is 18.4 Å². The number of hydrogen-bond donors (Lipinski definition) is 0. The molecule has 1 aromatic carbocycles. The lowest BCUT2D eigenvalue weighted by molar-refractivity contribution is -0.117. The minimum atomic E-state index is 0.178. The molecule has 2 rings (SSSR count). The summed E-state index contributed by atoms with van der Waals surface area (Å²) < 4.78 is 0. The fraction of sp³-hybridized carbons (Fsp3) is 0.125. The Bertz CT molecular complexity index is 603. The summed E-state index contributed by atoms with van der Waals surface area (Å²) in [6.45, 7) is 0. The minimum absolute atomic E-state index is 0.178. The number of carbonyl (C=O) groups excluding carboxylic acids is 1. The van der Waals surface area contributed by atoms with E-state index in [0.717, 1.165) is 10.4 Å². The molecule has 0 saturated carbocycles. The lowest BCUT2D eigenvalue weighted by atomic mass is 10.1. The van der Waals surface area contributed by atoms with Crippen LogP contribution in [0.25, 0.3) is 6.08 Å². The van der Waals surface area contributed by atoms with E-state index in [4.69, 9.17) is 5.26 Å². The van der Waals surface area contributed by atoms with Gasteiger partial charge in [-0.2, -0.15) is 5.26 Å². The summed E-state index contributed by atoms with van der Waals surface area (Å²) in [4.78, 5) is 12.9. The van der Waals surface area contributed by atoms with E-state index in [1.54, 1.807) is 23.5 Å². The molecule has 3 heteroatoms. The number of benzene rings is 1. The van der Waals surface area contributed by atoms with Gasteiger partial charge in [0.2, 0.25) is 0 Å². The summed E-state index contributed by atoms with van der Waals surface area (Å²) in [5.74, 6) is 0.178. The van der Waals surface area contributed by atoms with Crippen LogP contribution >= 0.6 is 11.3 Å². The Morgan fingerprint density at radius 1 is 1.26 bits per heavy atom. The Morgan fingerprint density at radius 2 is 2.05 bits per heavy atom. The van der Waals surface area contributed by atoms with Gasteiger partial charge in [-0.05, 0) is 35.2 Å². The molecule has 2 nitrogen and oxygen atoms in total. The van der Waals surface area contributed by atoms with Crippen LogP contribution in [0.3, 0.4) is 0 Å². The van der Waals surface area contributed by atoms with Gasteiger partial charge in [-0.3, -0.25) is 4.79 Å². The molecule has 0 fully saturated rings. The van der Waals surface area contributed by atoms with Crippen molar-refractivity contribution in [1.82, 2.24) is 0 Å². The first-order valence-corrected chi connectivity index (χ1v) is 6.86. The Balaban J connectivity index is 1.85. The molecule has 0 unspecified atom stereocenters. The van der Waals surface area contributed by atoms with Crippen molar-refractivity contribution < 1.29 is 4.79 Å². The summed E-state index contributed by atoms with van der Waals surface area (Å²) in [7, 11) is 0. The van der Waals surface area contributed by atoms with Crippen LogP contribution < -0.4 is 0 Å². The van der Waals surface area contributed by atoms with E-state index in [1.165, 1.54) is 0 Å². The van der Waals surface area contributed by atoms with Crippen LogP contribution in [-0.4, -0.2) is 5.78 Å². The van der Waals surface area contributed by atoms with E-state index < -0.39 is 0 Å². The highest BCUT2D eigenvalue weighted by atomic mass is 32.1. The average Bonchev–Trinajstić information content (AvgIpc) is 2.93. The highest BCUT2D eigenvalue weighted by Crippen LogP contribution is 2.11. The highest BCUT2D eigenvalue weighted by Gasteiger charge is 2.02. The molecule has 0 aliphatic heterocycles. The third-order valence-electron chi connectivity index (χ3n) is 2.66. The molecule has 2 aromatic rings. The molecule has 0 spiro atoms. The van der Waals surface area contributed by atoms with Gasteiger partial charge in [0.25, 0.3) is 0 Å². The number of nitrogens with zero attached hydrogens (tertiary/aromatic N) is 1. The molecule has 0 saturated heterocycles. The van der Waals surface area contributed by atoms with Crippen molar-refractivity contribution >= 4 is 23.2 Å². The summed E-state index contributed by atoms with van der Waals surface area (Å²) in [6.07, 6.45) is 4.73. The fourth-order valence-corrected chi connectivity index (χ4v) is 2.34. The first kappa shape index (κ1) is 13.3. The number of rotatable bonds is 5. The van der Waals surface area contributed by atoms with Gasteiger partial charge in [0.05, 0.1) is 11.6 Å². The normalized spacial score (nSPS) is 10.5. The number of carbonyl (C=O) groups is 1. The van der Waals surface area contributed by atoms with Gasteiger partial charge in [-0.1, -0.05) is 24.3 Å². The molecule has 0 amide bonds. The average molecular weight is 267 g/mol. The van der Waals surface area contributed by atoms with Crippen molar-refractivity contribution in [3.05, 3.63) is 63.9 Å². The van der Waals surface area contributed by atoms with Crippen molar-refractivity contribution in [3.8, 4) is 6.07 Å². The number of nitriles is 1. The summed E-state index contributed by atoms with van der Waals surface area (Å²) >= 11 is 1.65. The smallest absolute Gasteiger partial charge is 0.141 e. The quantitative estimate of drug-likeness (QED) is 0.826. The summed E-state index contributed by atoms with van der Waals surface area (Å²) in [5, 5.41) is 10.7. The molecule has 0 bridgehead atoms. The Morgan fingerprint density at radius 3 is 2.68 bits per heavy atom. The Kier molecular flexibility index (Phi) is 4.66. The van der Waals surface area contributed by atoms with Crippen molar-refractivity contribution in [2.45, 2.75) is 12.8 Å². The zero-order valence-corrected chi connectivity index (χ0v) is 11.2. The second-order valence-electron chi connectivity index (χ2n) is 4.15. The summed E-state index contributed by atoms with van der Waals surface area (Å²) in [6, 6.07) is 13.2. The molecular formula is C16H13NOS. The first-order chi connectivity index (χ1) is 9.28. The molecule has 0 aliphatic rings. The van der Waals surface area contributed by atoms with Crippen molar-refractivity contribution in [1.29, 1.82) is 5.26 Å². The lowest BCUT2D eigenvalue weighted by Crippen LogP contribution is -2.00. The van der Waals surface area contributed by atoms with Crippen LogP contribution in [0.1, 0.15) is 22.4 Å². The van der Waals surface area contributed by atoms with Crippen LogP contribution in [0.2, 0.25) is 0 Å². The van der Waals surface area contributed by atoms with Crippen LogP contribution in [0.15, 0.2) is 47.9 Å². The van der Waals surface area contributed by atoms with Crippen molar-refractivity contribution in [3.63, 3.8) is 0 Å². The van der Waals surface area contributed by atoms with Crippen LogP contribution in [0, 0.1) is 11.3 Å². The number of hydrogen-bond acceptors (Lipinski definition) is 3. The lowest BCUT2D eigenvalue weighted by Gasteiger charge is -1.98. The van der Waals surface area contributed by atoms with Gasteiger partial charge in [0.1, 0.15) is 5.78 Å². The number of allylic oxidation sites excluding steroid dienone is 1. The maximum absolute atomic E-state index is 11.8. The molecule has 94 valence electrons. The Hall–Kier alpha value is -2.18. The predicted octanol–water partition coefficient (Wildman–Crippen LogP) is 3.83. The zero-order chi connectivity index (χ0) is 13.5. The zero-order valence-electron chi connectivity index (χ0n) is 10.4. The minimum Gasteiger partial charge on any atom is -0.299 e. The van der Waals surface area contributed by atoms with Gasteiger partial charge in [0, 0.05) is 17.7 Å². The molecule has 0 aliphatic carbocycles. The van der Waals surface area contributed by atoms with Crippen LogP contribution in [0.4, 0.5) is 0 Å². The van der Waals surface area contributed by atoms with E-state index in [1.807, 2.05) is 41.8 Å². The molecule has 0 N–H and O–H groups in total. The Labute approximate surface area is 116 Å². The monoisotopic (exact) mass is 267 g/mol. The summed E-state index contributed by atoms with van der Waals surface area (Å²) in [5.41, 5.74) is 1.57. The third-order valence-corrected chi connectivity index (χ3v) is 3.49. The fourth-order valence-electron chi connectivity index (χ4n) is 1.69. The molecular weight excluding hydrogens is 254 g/mol. The predicted molar refractivity (Wildman–Crippen MR) is 77.8 cm³/mol. The van der Waals surface area contributed by atoms with Crippen LogP contribution in [-0.2, 0) is 11.2 Å². The standard InChI is InChI=1S/C16H13NOS/c17-12-14-8-6-13(7-9-14)11-15(18)3-1-4-16-5-2-10-19-16/h1-2,4-10H,3,11H2/b4-1+. The molecule has 0 radical (unpaired) electrons. The van der Waals surface area contributed by atoms with Gasteiger partial charge in [-0.15, -0.1) is 11.3 Å². The van der Waals surface area contributed by atoms with Gasteiger partial charge in [0.15, 0.2) is 0 Å². The topological polar surface area (TPSA) is 40.9 Å². The number of Topliss-reactive ketones (excluding diaryl/α,β-unsaturated/α-hetero) is 1. The van der Waals surface area contributed by atoms with Crippen molar-refractivity contribution in [2.24, 2.45) is 0 Å². The van der Waals surface area contributed by atoms with E-state index in [9.17, 15) is 4.79 Å². The van der Waals surface area contributed by atoms with Crippen LogP contribution in [0.5, 0.6) is 0 Å².